The molecular weight excluding hydrogens is 292 g/mol. The average molecular weight is 314 g/mol. The molecule has 3 rings (SSSR count). The number of hydrogen-bond donors (Lipinski definition) is 1. The van der Waals surface area contributed by atoms with Gasteiger partial charge in [-0.15, -0.1) is 0 Å². The summed E-state index contributed by atoms with van der Waals surface area (Å²) in [7, 11) is 0. The highest BCUT2D eigenvalue weighted by atomic mass is 16.5. The van der Waals surface area contributed by atoms with Crippen LogP contribution in [0.4, 0.5) is 5.69 Å². The number of nitrogens with zero attached hydrogens (tertiary/aromatic N) is 3. The van der Waals surface area contributed by atoms with Crippen molar-refractivity contribution in [3.63, 3.8) is 0 Å². The van der Waals surface area contributed by atoms with Gasteiger partial charge in [-0.25, -0.2) is 4.98 Å². The number of ether oxygens (including phenoxy) is 1. The third-order valence-corrected chi connectivity index (χ3v) is 4.59. The van der Waals surface area contributed by atoms with E-state index >= 15 is 0 Å². The Morgan fingerprint density at radius 1 is 1.39 bits per heavy atom. The summed E-state index contributed by atoms with van der Waals surface area (Å²) in [5.74, 6) is 0.0994. The highest BCUT2D eigenvalue weighted by molar-refractivity contribution is 5.80. The Morgan fingerprint density at radius 2 is 2.22 bits per heavy atom. The summed E-state index contributed by atoms with van der Waals surface area (Å²) < 4.78 is 5.33. The van der Waals surface area contributed by atoms with E-state index in [0.717, 1.165) is 51.1 Å². The highest BCUT2D eigenvalue weighted by Crippen LogP contribution is 2.25. The van der Waals surface area contributed by atoms with Crippen LogP contribution in [-0.2, 0) is 9.53 Å². The molecule has 1 N–H and O–H groups in total. The van der Waals surface area contributed by atoms with Gasteiger partial charge in [0, 0.05) is 38.5 Å². The number of hydrogen-bond acceptors (Lipinski definition) is 5. The first-order valence-corrected chi connectivity index (χ1v) is 8.26. The van der Waals surface area contributed by atoms with Crippen LogP contribution in [0.25, 0.3) is 0 Å². The predicted octanol–water partition coefficient (Wildman–Crippen LogP) is 1.46. The lowest BCUT2D eigenvalue weighted by Gasteiger charge is -2.35. The molecule has 3 heterocycles. The van der Waals surface area contributed by atoms with E-state index in [-0.39, 0.29) is 17.9 Å². The van der Waals surface area contributed by atoms with Gasteiger partial charge in [-0.1, -0.05) is 0 Å². The minimum atomic E-state index is -0.0293. The van der Waals surface area contributed by atoms with Gasteiger partial charge in [-0.2, -0.15) is 5.26 Å². The van der Waals surface area contributed by atoms with Crippen molar-refractivity contribution in [3.05, 3.63) is 24.0 Å². The second-order valence-corrected chi connectivity index (χ2v) is 6.16. The van der Waals surface area contributed by atoms with E-state index in [9.17, 15) is 10.1 Å². The summed E-state index contributed by atoms with van der Waals surface area (Å²) in [4.78, 5) is 18.8. The fourth-order valence-electron chi connectivity index (χ4n) is 3.31. The van der Waals surface area contributed by atoms with Crippen LogP contribution in [0.15, 0.2) is 18.3 Å². The number of aromatic nitrogens is 1. The molecule has 0 bridgehead atoms. The van der Waals surface area contributed by atoms with Crippen LogP contribution in [-0.4, -0.2) is 43.2 Å². The molecule has 0 aliphatic carbocycles. The van der Waals surface area contributed by atoms with E-state index in [1.807, 2.05) is 12.1 Å². The molecular formula is C17H22N4O2. The van der Waals surface area contributed by atoms with Crippen molar-refractivity contribution in [3.8, 4) is 6.07 Å². The molecule has 0 aromatic carbocycles. The van der Waals surface area contributed by atoms with Crippen LogP contribution in [0.5, 0.6) is 0 Å². The number of piperidine rings is 1. The molecule has 2 aliphatic heterocycles. The van der Waals surface area contributed by atoms with Gasteiger partial charge in [-0.05, 0) is 37.8 Å². The van der Waals surface area contributed by atoms with Crippen molar-refractivity contribution < 1.29 is 9.53 Å². The molecule has 23 heavy (non-hydrogen) atoms. The molecule has 6 nitrogen and oxygen atoms in total. The topological polar surface area (TPSA) is 78.2 Å². The van der Waals surface area contributed by atoms with Crippen molar-refractivity contribution in [2.75, 3.05) is 31.2 Å². The fourth-order valence-corrected chi connectivity index (χ4v) is 3.31. The SMILES string of the molecule is N#Cc1ncccc1N1CCCC(C(=O)NC2CCOCC2)C1. The fraction of sp³-hybridized carbons (Fsp3) is 0.588. The Hall–Kier alpha value is -2.13. The lowest BCUT2D eigenvalue weighted by atomic mass is 9.95. The standard InChI is InChI=1S/C17H22N4O2/c18-11-15-16(4-1-7-19-15)21-8-2-3-13(12-21)17(22)20-14-5-9-23-10-6-14/h1,4,7,13-14H,2-3,5-6,8-10,12H2,(H,20,22). The van der Waals surface area contributed by atoms with E-state index in [0.29, 0.717) is 12.2 Å². The minimum absolute atomic E-state index is 0.0293. The molecule has 1 aromatic rings. The second kappa shape index (κ2) is 7.42. The van der Waals surface area contributed by atoms with Crippen molar-refractivity contribution in [2.24, 2.45) is 5.92 Å². The zero-order valence-electron chi connectivity index (χ0n) is 13.2. The first-order valence-electron chi connectivity index (χ1n) is 8.26. The number of carbonyl (C=O) groups is 1. The summed E-state index contributed by atoms with van der Waals surface area (Å²) >= 11 is 0. The number of carbonyl (C=O) groups excluding carboxylic acids is 1. The molecule has 122 valence electrons. The molecule has 0 radical (unpaired) electrons. The van der Waals surface area contributed by atoms with E-state index in [2.05, 4.69) is 21.3 Å². The molecule has 6 heteroatoms. The Morgan fingerprint density at radius 3 is 3.00 bits per heavy atom. The zero-order valence-corrected chi connectivity index (χ0v) is 13.2. The number of nitrogens with one attached hydrogen (secondary N) is 1. The monoisotopic (exact) mass is 314 g/mol. The van der Waals surface area contributed by atoms with Crippen LogP contribution in [0.1, 0.15) is 31.4 Å². The molecule has 2 fully saturated rings. The number of pyridine rings is 1. The average Bonchev–Trinajstić information content (AvgIpc) is 2.62. The lowest BCUT2D eigenvalue weighted by molar-refractivity contribution is -0.126. The van der Waals surface area contributed by atoms with E-state index in [1.54, 1.807) is 6.20 Å². The summed E-state index contributed by atoms with van der Waals surface area (Å²) in [6.45, 7) is 2.96. The normalized spacial score (nSPS) is 22.4. The Bertz CT molecular complexity index is 593. The quantitative estimate of drug-likeness (QED) is 0.914. The van der Waals surface area contributed by atoms with Gasteiger partial charge in [0.1, 0.15) is 6.07 Å². The maximum atomic E-state index is 12.5. The smallest absolute Gasteiger partial charge is 0.225 e. The van der Waals surface area contributed by atoms with E-state index in [4.69, 9.17) is 4.74 Å². The molecule has 1 aromatic heterocycles. The lowest BCUT2D eigenvalue weighted by Crippen LogP contribution is -2.47. The first kappa shape index (κ1) is 15.8. The Kier molecular flexibility index (Phi) is 5.09. The summed E-state index contributed by atoms with van der Waals surface area (Å²) in [6, 6.07) is 6.11. The van der Waals surface area contributed by atoms with Crippen LogP contribution in [0.3, 0.4) is 0 Å². The van der Waals surface area contributed by atoms with Crippen molar-refractivity contribution in [2.45, 2.75) is 31.7 Å². The molecule has 0 spiro atoms. The van der Waals surface area contributed by atoms with Gasteiger partial charge in [0.2, 0.25) is 5.91 Å². The van der Waals surface area contributed by atoms with Gasteiger partial charge >= 0.3 is 0 Å². The highest BCUT2D eigenvalue weighted by Gasteiger charge is 2.28. The van der Waals surface area contributed by atoms with Gasteiger partial charge in [0.15, 0.2) is 5.69 Å². The molecule has 1 amide bonds. The minimum Gasteiger partial charge on any atom is -0.381 e. The van der Waals surface area contributed by atoms with Crippen LogP contribution in [0, 0.1) is 17.2 Å². The summed E-state index contributed by atoms with van der Waals surface area (Å²) in [6.07, 6.45) is 5.26. The molecule has 2 aliphatic rings. The number of rotatable bonds is 3. The molecule has 0 saturated carbocycles. The zero-order chi connectivity index (χ0) is 16.1. The Balaban J connectivity index is 1.63. The van der Waals surface area contributed by atoms with E-state index in [1.165, 1.54) is 0 Å². The summed E-state index contributed by atoms with van der Waals surface area (Å²) in [5, 5.41) is 12.4. The maximum Gasteiger partial charge on any atom is 0.225 e. The molecule has 2 saturated heterocycles. The third-order valence-electron chi connectivity index (χ3n) is 4.59. The van der Waals surface area contributed by atoms with Crippen molar-refractivity contribution >= 4 is 11.6 Å². The molecule has 1 atom stereocenters. The van der Waals surface area contributed by atoms with E-state index < -0.39 is 0 Å². The third kappa shape index (κ3) is 3.80. The number of amides is 1. The largest absolute Gasteiger partial charge is 0.381 e. The van der Waals surface area contributed by atoms with Gasteiger partial charge < -0.3 is 15.0 Å². The van der Waals surface area contributed by atoms with Crippen LogP contribution < -0.4 is 10.2 Å². The van der Waals surface area contributed by atoms with Gasteiger partial charge in [0.25, 0.3) is 0 Å². The second-order valence-electron chi connectivity index (χ2n) is 6.16. The first-order chi connectivity index (χ1) is 11.3. The van der Waals surface area contributed by atoms with Crippen LogP contribution >= 0.6 is 0 Å². The Labute approximate surface area is 136 Å². The van der Waals surface area contributed by atoms with Gasteiger partial charge in [0.05, 0.1) is 11.6 Å². The maximum absolute atomic E-state index is 12.5. The number of nitriles is 1. The molecule has 1 unspecified atom stereocenters. The summed E-state index contributed by atoms with van der Waals surface area (Å²) in [5.41, 5.74) is 1.26. The van der Waals surface area contributed by atoms with Crippen LogP contribution in [0.2, 0.25) is 0 Å². The van der Waals surface area contributed by atoms with Gasteiger partial charge in [-0.3, -0.25) is 4.79 Å². The van der Waals surface area contributed by atoms with Crippen molar-refractivity contribution in [1.29, 1.82) is 5.26 Å². The predicted molar refractivity (Wildman–Crippen MR) is 85.9 cm³/mol. The number of anilines is 1. The van der Waals surface area contributed by atoms with Crippen molar-refractivity contribution in [1.82, 2.24) is 10.3 Å².